The minimum atomic E-state index is -0.832. The molecule has 2 aliphatic rings. The molecule has 35 heavy (non-hydrogen) atoms. The number of carbonyl (C=O) groups excluding carboxylic acids is 2. The first-order valence-corrected chi connectivity index (χ1v) is 12.7. The van der Waals surface area contributed by atoms with Crippen LogP contribution in [0, 0.1) is 0 Å². The number of aryl methyl sites for hydroxylation is 1. The number of amides is 1. The predicted octanol–water partition coefficient (Wildman–Crippen LogP) is 4.92. The van der Waals surface area contributed by atoms with Crippen LogP contribution in [-0.4, -0.2) is 47.0 Å². The summed E-state index contributed by atoms with van der Waals surface area (Å²) in [6, 6.07) is 16.1. The van der Waals surface area contributed by atoms with E-state index >= 15 is 0 Å². The Balaban J connectivity index is 1.48. The molecule has 3 aromatic rings. The molecule has 0 saturated carbocycles. The van der Waals surface area contributed by atoms with Crippen molar-refractivity contribution in [3.63, 3.8) is 0 Å². The van der Waals surface area contributed by atoms with Crippen LogP contribution in [-0.2, 0) is 28.9 Å². The van der Waals surface area contributed by atoms with E-state index in [4.69, 9.17) is 9.72 Å². The normalized spacial score (nSPS) is 16.6. The van der Waals surface area contributed by atoms with E-state index in [1.165, 1.54) is 0 Å². The molecule has 3 heterocycles. The first kappa shape index (κ1) is 23.5. The predicted molar refractivity (Wildman–Crippen MR) is 138 cm³/mol. The molecule has 6 nitrogen and oxygen atoms in total. The van der Waals surface area contributed by atoms with Gasteiger partial charge in [-0.1, -0.05) is 43.3 Å². The SMILES string of the molecule is CCC(OC(=O)c1c2c(nc3ccccc13)CCN(C(C)C)C2)C(=O)N1CCCc2ccccc21. The van der Waals surface area contributed by atoms with Crippen molar-refractivity contribution in [3.05, 3.63) is 70.9 Å². The minimum Gasteiger partial charge on any atom is -0.449 e. The van der Waals surface area contributed by atoms with Gasteiger partial charge in [0.2, 0.25) is 0 Å². The summed E-state index contributed by atoms with van der Waals surface area (Å²) in [6.07, 6.45) is 2.24. The van der Waals surface area contributed by atoms with Gasteiger partial charge in [0.25, 0.3) is 5.91 Å². The van der Waals surface area contributed by atoms with Crippen molar-refractivity contribution in [1.29, 1.82) is 0 Å². The number of pyridine rings is 1. The smallest absolute Gasteiger partial charge is 0.340 e. The van der Waals surface area contributed by atoms with Gasteiger partial charge in [0, 0.05) is 54.4 Å². The lowest BCUT2D eigenvalue weighted by atomic mass is 9.95. The van der Waals surface area contributed by atoms with Crippen molar-refractivity contribution < 1.29 is 14.3 Å². The zero-order valence-electron chi connectivity index (χ0n) is 20.8. The fraction of sp³-hybridized carbons (Fsp3) is 0.414. The zero-order chi connectivity index (χ0) is 24.5. The third-order valence-electron chi connectivity index (χ3n) is 7.28. The van der Waals surface area contributed by atoms with Crippen LogP contribution in [0.3, 0.4) is 0 Å². The molecule has 0 aliphatic carbocycles. The van der Waals surface area contributed by atoms with E-state index in [0.717, 1.165) is 59.2 Å². The van der Waals surface area contributed by atoms with E-state index in [2.05, 4.69) is 24.8 Å². The molecular formula is C29H33N3O3. The van der Waals surface area contributed by atoms with Crippen LogP contribution >= 0.6 is 0 Å². The van der Waals surface area contributed by atoms with Crippen LogP contribution in [0.5, 0.6) is 0 Å². The van der Waals surface area contributed by atoms with Crippen molar-refractivity contribution >= 4 is 28.5 Å². The standard InChI is InChI=1S/C29H33N3O3/c1-4-26(28(33)32-16-9-11-20-10-5-8-14-25(20)32)35-29(34)27-21-12-6-7-13-23(21)30-24-15-17-31(19(2)3)18-22(24)27/h5-8,10,12-14,19,26H,4,9,11,15-18H2,1-3H3. The van der Waals surface area contributed by atoms with Crippen LogP contribution in [0.1, 0.15) is 60.8 Å². The lowest BCUT2D eigenvalue weighted by Gasteiger charge is -2.33. The van der Waals surface area contributed by atoms with Crippen LogP contribution in [0.2, 0.25) is 0 Å². The fourth-order valence-electron chi connectivity index (χ4n) is 5.32. The summed E-state index contributed by atoms with van der Waals surface area (Å²) < 4.78 is 6.01. The van der Waals surface area contributed by atoms with Crippen LogP contribution in [0.4, 0.5) is 5.69 Å². The fourth-order valence-corrected chi connectivity index (χ4v) is 5.32. The summed E-state index contributed by atoms with van der Waals surface area (Å²) in [5, 5.41) is 0.785. The Bertz CT molecular complexity index is 1270. The average Bonchev–Trinajstić information content (AvgIpc) is 2.89. The molecule has 1 unspecified atom stereocenters. The second kappa shape index (κ2) is 9.78. The third-order valence-corrected chi connectivity index (χ3v) is 7.28. The number of carbonyl (C=O) groups is 2. The zero-order valence-corrected chi connectivity index (χ0v) is 20.8. The summed E-state index contributed by atoms with van der Waals surface area (Å²) in [6.45, 7) is 8.43. The summed E-state index contributed by atoms with van der Waals surface area (Å²) in [7, 11) is 0. The topological polar surface area (TPSA) is 62.7 Å². The van der Waals surface area contributed by atoms with Crippen molar-refractivity contribution in [2.75, 3.05) is 18.0 Å². The van der Waals surface area contributed by atoms with Crippen molar-refractivity contribution in [3.8, 4) is 0 Å². The molecule has 1 amide bonds. The van der Waals surface area contributed by atoms with Gasteiger partial charge in [-0.15, -0.1) is 0 Å². The minimum absolute atomic E-state index is 0.149. The second-order valence-electron chi connectivity index (χ2n) is 9.77. The van der Waals surface area contributed by atoms with Gasteiger partial charge in [-0.2, -0.15) is 0 Å². The van der Waals surface area contributed by atoms with E-state index in [0.29, 0.717) is 31.1 Å². The Morgan fingerprint density at radius 2 is 1.80 bits per heavy atom. The number of nitrogens with zero attached hydrogens (tertiary/aromatic N) is 3. The molecule has 0 bridgehead atoms. The number of aromatic nitrogens is 1. The number of esters is 1. The Labute approximate surface area is 206 Å². The molecule has 2 aromatic carbocycles. The highest BCUT2D eigenvalue weighted by atomic mass is 16.5. The quantitative estimate of drug-likeness (QED) is 0.495. The van der Waals surface area contributed by atoms with Gasteiger partial charge in [0.05, 0.1) is 11.1 Å². The van der Waals surface area contributed by atoms with Crippen molar-refractivity contribution in [2.24, 2.45) is 0 Å². The van der Waals surface area contributed by atoms with Crippen LogP contribution in [0.15, 0.2) is 48.5 Å². The number of hydrogen-bond acceptors (Lipinski definition) is 5. The maximum absolute atomic E-state index is 13.8. The molecule has 0 fully saturated rings. The number of hydrogen-bond donors (Lipinski definition) is 0. The van der Waals surface area contributed by atoms with Gasteiger partial charge in [-0.05, 0) is 50.8 Å². The summed E-state index contributed by atoms with van der Waals surface area (Å²) in [5.41, 5.74) is 5.33. The molecule has 1 atom stereocenters. The van der Waals surface area contributed by atoms with Gasteiger partial charge in [-0.25, -0.2) is 4.79 Å². The monoisotopic (exact) mass is 471 g/mol. The number of anilines is 1. The van der Waals surface area contributed by atoms with E-state index in [1.807, 2.05) is 49.4 Å². The third kappa shape index (κ3) is 4.43. The largest absolute Gasteiger partial charge is 0.449 e. The average molecular weight is 472 g/mol. The molecule has 0 spiro atoms. The molecule has 1 aromatic heterocycles. The number of benzene rings is 2. The second-order valence-corrected chi connectivity index (χ2v) is 9.77. The van der Waals surface area contributed by atoms with Gasteiger partial charge in [-0.3, -0.25) is 14.7 Å². The molecule has 182 valence electrons. The highest BCUT2D eigenvalue weighted by molar-refractivity contribution is 6.07. The summed E-state index contributed by atoms with van der Waals surface area (Å²) in [4.78, 5) is 36.4. The van der Waals surface area contributed by atoms with Gasteiger partial charge >= 0.3 is 5.97 Å². The van der Waals surface area contributed by atoms with E-state index in [9.17, 15) is 9.59 Å². The number of fused-ring (bicyclic) bond motifs is 3. The molecule has 6 heteroatoms. The highest BCUT2D eigenvalue weighted by Crippen LogP contribution is 2.31. The Hall–Kier alpha value is -3.25. The summed E-state index contributed by atoms with van der Waals surface area (Å²) in [5.74, 6) is -0.583. The molecular weight excluding hydrogens is 438 g/mol. The Morgan fingerprint density at radius 1 is 1.03 bits per heavy atom. The van der Waals surface area contributed by atoms with E-state index in [1.54, 1.807) is 4.90 Å². The van der Waals surface area contributed by atoms with Crippen molar-refractivity contribution in [2.45, 2.75) is 65.1 Å². The maximum Gasteiger partial charge on any atom is 0.340 e. The molecule has 5 rings (SSSR count). The number of rotatable bonds is 5. The Morgan fingerprint density at radius 3 is 2.60 bits per heavy atom. The molecule has 0 radical (unpaired) electrons. The van der Waals surface area contributed by atoms with Crippen molar-refractivity contribution in [1.82, 2.24) is 9.88 Å². The lowest BCUT2D eigenvalue weighted by molar-refractivity contribution is -0.127. The van der Waals surface area contributed by atoms with E-state index in [-0.39, 0.29) is 5.91 Å². The first-order valence-electron chi connectivity index (χ1n) is 12.7. The van der Waals surface area contributed by atoms with Gasteiger partial charge in [0.1, 0.15) is 0 Å². The maximum atomic E-state index is 13.8. The van der Waals surface area contributed by atoms with Crippen LogP contribution in [0.25, 0.3) is 10.9 Å². The highest BCUT2D eigenvalue weighted by Gasteiger charge is 2.33. The molecule has 2 aliphatic heterocycles. The van der Waals surface area contributed by atoms with E-state index < -0.39 is 12.1 Å². The van der Waals surface area contributed by atoms with Gasteiger partial charge in [0.15, 0.2) is 6.10 Å². The Kier molecular flexibility index (Phi) is 6.56. The molecule has 0 N–H and O–H groups in total. The van der Waals surface area contributed by atoms with Crippen LogP contribution < -0.4 is 4.90 Å². The molecule has 0 saturated heterocycles. The number of para-hydroxylation sites is 2. The first-order chi connectivity index (χ1) is 17.0. The summed E-state index contributed by atoms with van der Waals surface area (Å²) >= 11 is 0. The number of ether oxygens (including phenoxy) is 1. The lowest BCUT2D eigenvalue weighted by Crippen LogP contribution is -2.44. The van der Waals surface area contributed by atoms with Gasteiger partial charge < -0.3 is 9.64 Å².